The van der Waals surface area contributed by atoms with E-state index in [1.54, 1.807) is 16.7 Å². The molecule has 0 bridgehead atoms. The molecule has 7 nitrogen and oxygen atoms in total. The predicted octanol–water partition coefficient (Wildman–Crippen LogP) is 6.44. The van der Waals surface area contributed by atoms with Crippen molar-refractivity contribution in [2.45, 2.75) is 25.7 Å². The van der Waals surface area contributed by atoms with Gasteiger partial charge in [-0.25, -0.2) is 13.4 Å². The smallest absolute Gasteiger partial charge is 0.243 e. The van der Waals surface area contributed by atoms with Crippen molar-refractivity contribution in [1.82, 2.24) is 13.9 Å². The third-order valence-electron chi connectivity index (χ3n) is 5.75. The van der Waals surface area contributed by atoms with Crippen molar-refractivity contribution >= 4 is 45.1 Å². The Labute approximate surface area is 233 Å². The minimum atomic E-state index is -3.94. The van der Waals surface area contributed by atoms with Gasteiger partial charge in [-0.3, -0.25) is 14.7 Å². The summed E-state index contributed by atoms with van der Waals surface area (Å²) in [6, 6.07) is 20.9. The van der Waals surface area contributed by atoms with Gasteiger partial charge in [-0.1, -0.05) is 66.9 Å². The highest BCUT2D eigenvalue weighted by Gasteiger charge is 2.28. The molecular formula is C28H28Cl2N4O3S. The van der Waals surface area contributed by atoms with Crippen LogP contribution in [0, 0.1) is 12.8 Å². The Morgan fingerprint density at radius 1 is 0.947 bits per heavy atom. The average molecular weight is 572 g/mol. The second kappa shape index (κ2) is 11.7. The standard InChI is InChI=1S/C28H28Cl2N4O3S/c1-19(2)16-33(38(36,37)25-14-10-23(30)11-15-25)18-27(35)32-28-31-26(21-6-8-22(29)9-7-21)17-34(28)24-12-4-20(3)5-13-24/h4-15,17,19H,16,18H2,1-3H3,(H,31,32,35). The molecule has 38 heavy (non-hydrogen) atoms. The lowest BCUT2D eigenvalue weighted by Gasteiger charge is -2.23. The lowest BCUT2D eigenvalue weighted by molar-refractivity contribution is -0.116. The van der Waals surface area contributed by atoms with Crippen molar-refractivity contribution in [3.8, 4) is 16.9 Å². The van der Waals surface area contributed by atoms with Crippen LogP contribution in [0.5, 0.6) is 0 Å². The van der Waals surface area contributed by atoms with Gasteiger partial charge in [0.25, 0.3) is 0 Å². The number of hydrogen-bond acceptors (Lipinski definition) is 4. The van der Waals surface area contributed by atoms with E-state index in [0.717, 1.165) is 16.8 Å². The second-order valence-electron chi connectivity index (χ2n) is 9.36. The zero-order valence-electron chi connectivity index (χ0n) is 21.2. The molecule has 1 aromatic heterocycles. The number of sulfonamides is 1. The van der Waals surface area contributed by atoms with E-state index < -0.39 is 15.9 Å². The molecular weight excluding hydrogens is 543 g/mol. The molecule has 0 saturated heterocycles. The lowest BCUT2D eigenvalue weighted by atomic mass is 10.2. The third kappa shape index (κ3) is 6.63. The van der Waals surface area contributed by atoms with Crippen molar-refractivity contribution in [3.05, 3.63) is 94.6 Å². The van der Waals surface area contributed by atoms with Crippen LogP contribution in [0.2, 0.25) is 10.0 Å². The molecule has 0 unspecified atom stereocenters. The van der Waals surface area contributed by atoms with Crippen molar-refractivity contribution in [3.63, 3.8) is 0 Å². The molecule has 0 atom stereocenters. The first-order valence-electron chi connectivity index (χ1n) is 12.0. The van der Waals surface area contributed by atoms with E-state index in [0.29, 0.717) is 15.7 Å². The summed E-state index contributed by atoms with van der Waals surface area (Å²) in [5.74, 6) is -0.238. The maximum atomic E-state index is 13.4. The first kappa shape index (κ1) is 27.9. The molecule has 0 aliphatic heterocycles. The fraction of sp³-hybridized carbons (Fsp3) is 0.214. The largest absolute Gasteiger partial charge is 0.294 e. The van der Waals surface area contributed by atoms with Gasteiger partial charge < -0.3 is 0 Å². The highest BCUT2D eigenvalue weighted by atomic mass is 35.5. The first-order valence-corrected chi connectivity index (χ1v) is 14.2. The second-order valence-corrected chi connectivity index (χ2v) is 12.2. The summed E-state index contributed by atoms with van der Waals surface area (Å²) >= 11 is 12.0. The summed E-state index contributed by atoms with van der Waals surface area (Å²) in [5.41, 5.74) is 3.34. The normalized spacial score (nSPS) is 11.8. The number of rotatable bonds is 9. The Hall–Kier alpha value is -3.17. The van der Waals surface area contributed by atoms with Crippen LogP contribution >= 0.6 is 23.2 Å². The quantitative estimate of drug-likeness (QED) is 0.251. The number of carbonyl (C=O) groups excluding carboxylic acids is 1. The summed E-state index contributed by atoms with van der Waals surface area (Å²) in [5, 5.41) is 3.85. The first-order chi connectivity index (χ1) is 18.0. The van der Waals surface area contributed by atoms with E-state index in [4.69, 9.17) is 23.2 Å². The molecule has 0 fully saturated rings. The van der Waals surface area contributed by atoms with E-state index >= 15 is 0 Å². The molecule has 198 valence electrons. The van der Waals surface area contributed by atoms with Crippen LogP contribution in [-0.4, -0.2) is 41.3 Å². The summed E-state index contributed by atoms with van der Waals surface area (Å²) in [6.07, 6.45) is 1.82. The van der Waals surface area contributed by atoms with Gasteiger partial charge in [0, 0.05) is 34.0 Å². The Morgan fingerprint density at radius 3 is 2.11 bits per heavy atom. The molecule has 1 amide bonds. The van der Waals surface area contributed by atoms with Gasteiger partial charge >= 0.3 is 0 Å². The van der Waals surface area contributed by atoms with Crippen molar-refractivity contribution < 1.29 is 13.2 Å². The maximum Gasteiger partial charge on any atom is 0.243 e. The summed E-state index contributed by atoms with van der Waals surface area (Å²) < 4.78 is 29.7. The SMILES string of the molecule is Cc1ccc(-n2cc(-c3ccc(Cl)cc3)nc2NC(=O)CN(CC(C)C)S(=O)(=O)c2ccc(Cl)cc2)cc1. The number of aromatic nitrogens is 2. The van der Waals surface area contributed by atoms with Crippen LogP contribution in [0.4, 0.5) is 5.95 Å². The highest BCUT2D eigenvalue weighted by Crippen LogP contribution is 2.26. The van der Waals surface area contributed by atoms with Crippen LogP contribution in [0.1, 0.15) is 19.4 Å². The molecule has 1 N–H and O–H groups in total. The van der Waals surface area contributed by atoms with Gasteiger partial charge in [-0.2, -0.15) is 4.31 Å². The minimum Gasteiger partial charge on any atom is -0.294 e. The number of hydrogen-bond donors (Lipinski definition) is 1. The van der Waals surface area contributed by atoms with Gasteiger partial charge in [0.05, 0.1) is 17.1 Å². The highest BCUT2D eigenvalue weighted by molar-refractivity contribution is 7.89. The maximum absolute atomic E-state index is 13.4. The van der Waals surface area contributed by atoms with Crippen LogP contribution in [0.3, 0.4) is 0 Å². The van der Waals surface area contributed by atoms with E-state index in [2.05, 4.69) is 10.3 Å². The molecule has 0 radical (unpaired) electrons. The van der Waals surface area contributed by atoms with Crippen LogP contribution < -0.4 is 5.32 Å². The summed E-state index contributed by atoms with van der Waals surface area (Å²) in [7, 11) is -3.94. The van der Waals surface area contributed by atoms with E-state index in [9.17, 15) is 13.2 Å². The Balaban J connectivity index is 1.65. The molecule has 4 aromatic rings. The number of anilines is 1. The molecule has 3 aromatic carbocycles. The number of imidazole rings is 1. The third-order valence-corrected chi connectivity index (χ3v) is 8.08. The molecule has 1 heterocycles. The van der Waals surface area contributed by atoms with E-state index in [1.165, 1.54) is 28.6 Å². The molecule has 0 aliphatic rings. The van der Waals surface area contributed by atoms with Crippen LogP contribution in [0.25, 0.3) is 16.9 Å². The van der Waals surface area contributed by atoms with Crippen molar-refractivity contribution in [2.75, 3.05) is 18.4 Å². The number of halogens is 2. The lowest BCUT2D eigenvalue weighted by Crippen LogP contribution is -2.40. The monoisotopic (exact) mass is 570 g/mol. The van der Waals surface area contributed by atoms with E-state index in [-0.39, 0.29) is 29.9 Å². The number of amides is 1. The average Bonchev–Trinajstić information content (AvgIpc) is 3.28. The number of nitrogens with one attached hydrogen (secondary N) is 1. The minimum absolute atomic E-state index is 0.00377. The fourth-order valence-electron chi connectivity index (χ4n) is 3.87. The van der Waals surface area contributed by atoms with Gasteiger partial charge in [0.1, 0.15) is 0 Å². The van der Waals surface area contributed by atoms with E-state index in [1.807, 2.05) is 63.4 Å². The topological polar surface area (TPSA) is 84.3 Å². The van der Waals surface area contributed by atoms with Crippen molar-refractivity contribution in [2.24, 2.45) is 5.92 Å². The van der Waals surface area contributed by atoms with Gasteiger partial charge in [-0.15, -0.1) is 0 Å². The molecule has 0 saturated carbocycles. The number of carbonyl (C=O) groups is 1. The van der Waals surface area contributed by atoms with Gasteiger partial charge in [-0.05, 0) is 61.4 Å². The number of aryl methyl sites for hydroxylation is 1. The zero-order valence-corrected chi connectivity index (χ0v) is 23.6. The molecule has 4 rings (SSSR count). The Morgan fingerprint density at radius 2 is 1.53 bits per heavy atom. The van der Waals surface area contributed by atoms with Crippen molar-refractivity contribution in [1.29, 1.82) is 0 Å². The molecule has 10 heteroatoms. The number of benzene rings is 3. The fourth-order valence-corrected chi connectivity index (χ4v) is 5.68. The van der Waals surface area contributed by atoms with Gasteiger partial charge in [0.2, 0.25) is 21.9 Å². The molecule has 0 spiro atoms. The van der Waals surface area contributed by atoms with Crippen LogP contribution in [-0.2, 0) is 14.8 Å². The molecule has 0 aliphatic carbocycles. The van der Waals surface area contributed by atoms with Gasteiger partial charge in [0.15, 0.2) is 0 Å². The summed E-state index contributed by atoms with van der Waals surface area (Å²) in [6.45, 7) is 5.57. The Bertz CT molecular complexity index is 1520. The number of nitrogens with zero attached hydrogens (tertiary/aromatic N) is 3. The van der Waals surface area contributed by atoms with Crippen LogP contribution in [0.15, 0.2) is 83.9 Å². The summed E-state index contributed by atoms with van der Waals surface area (Å²) in [4.78, 5) is 18.0. The predicted molar refractivity (Wildman–Crippen MR) is 152 cm³/mol. The zero-order chi connectivity index (χ0) is 27.4. The Kier molecular flexibility index (Phi) is 8.57.